The summed E-state index contributed by atoms with van der Waals surface area (Å²) in [6, 6.07) is 4.40. The van der Waals surface area contributed by atoms with Crippen LogP contribution in [0.25, 0.3) is 0 Å². The zero-order valence-electron chi connectivity index (χ0n) is 11.7. The van der Waals surface area contributed by atoms with Gasteiger partial charge < -0.3 is 11.1 Å². The molecule has 2 rings (SSSR count). The highest BCUT2D eigenvalue weighted by Gasteiger charge is 2.19. The van der Waals surface area contributed by atoms with Gasteiger partial charge in [0.1, 0.15) is 11.5 Å². The Kier molecular flexibility index (Phi) is 3.74. The number of halogens is 1. The molecule has 106 valence electrons. The van der Waals surface area contributed by atoms with E-state index in [-0.39, 0.29) is 11.7 Å². The maximum absolute atomic E-state index is 13.2. The molecule has 0 saturated heterocycles. The minimum atomic E-state index is -0.351. The summed E-state index contributed by atoms with van der Waals surface area (Å²) in [4.78, 5) is 12.3. The van der Waals surface area contributed by atoms with Crippen LogP contribution in [0.3, 0.4) is 0 Å². The molecule has 0 aliphatic heterocycles. The van der Waals surface area contributed by atoms with Gasteiger partial charge in [0.05, 0.1) is 11.4 Å². The molecule has 1 aromatic carbocycles. The first-order chi connectivity index (χ1) is 9.43. The van der Waals surface area contributed by atoms with Crippen LogP contribution in [0.2, 0.25) is 0 Å². The molecule has 0 aliphatic carbocycles. The highest BCUT2D eigenvalue weighted by molar-refractivity contribution is 6.06. The van der Waals surface area contributed by atoms with Crippen LogP contribution < -0.4 is 11.1 Å². The summed E-state index contributed by atoms with van der Waals surface area (Å²) in [5.74, 6) is -0.659. The Morgan fingerprint density at radius 1 is 1.45 bits per heavy atom. The van der Waals surface area contributed by atoms with Crippen LogP contribution in [0.5, 0.6) is 0 Å². The summed E-state index contributed by atoms with van der Waals surface area (Å²) < 4.78 is 14.8. The number of benzene rings is 1. The molecule has 1 aromatic heterocycles. The van der Waals surface area contributed by atoms with Crippen molar-refractivity contribution >= 4 is 17.3 Å². The molecule has 20 heavy (non-hydrogen) atoms. The third-order valence-electron chi connectivity index (χ3n) is 3.10. The Labute approximate surface area is 116 Å². The topological polar surface area (TPSA) is 72.9 Å². The first kappa shape index (κ1) is 14.0. The summed E-state index contributed by atoms with van der Waals surface area (Å²) in [6.07, 6.45) is 0. The highest BCUT2D eigenvalue weighted by atomic mass is 19.1. The highest BCUT2D eigenvalue weighted by Crippen LogP contribution is 2.19. The van der Waals surface area contributed by atoms with E-state index in [0.29, 0.717) is 34.9 Å². The van der Waals surface area contributed by atoms with Gasteiger partial charge in [0.15, 0.2) is 0 Å². The summed E-state index contributed by atoms with van der Waals surface area (Å²) in [6.45, 7) is 5.81. The van der Waals surface area contributed by atoms with Crippen LogP contribution >= 0.6 is 0 Å². The largest absolute Gasteiger partial charge is 0.395 e. The van der Waals surface area contributed by atoms with Gasteiger partial charge in [-0.3, -0.25) is 9.48 Å². The van der Waals surface area contributed by atoms with Crippen molar-refractivity contribution in [3.05, 3.63) is 41.0 Å². The van der Waals surface area contributed by atoms with E-state index >= 15 is 0 Å². The first-order valence-electron chi connectivity index (χ1n) is 6.34. The molecule has 0 spiro atoms. The predicted molar refractivity (Wildman–Crippen MR) is 76.1 cm³/mol. The van der Waals surface area contributed by atoms with Crippen molar-refractivity contribution in [1.29, 1.82) is 0 Å². The van der Waals surface area contributed by atoms with Crippen LogP contribution in [-0.2, 0) is 6.54 Å². The quantitative estimate of drug-likeness (QED) is 0.904. The van der Waals surface area contributed by atoms with Crippen LogP contribution in [-0.4, -0.2) is 15.7 Å². The molecule has 6 heteroatoms. The zero-order valence-corrected chi connectivity index (χ0v) is 11.7. The fourth-order valence-electron chi connectivity index (χ4n) is 1.98. The number of rotatable bonds is 3. The molecular formula is C14H17FN4O. The summed E-state index contributed by atoms with van der Waals surface area (Å²) in [5, 5.41) is 6.90. The molecule has 5 nitrogen and oxygen atoms in total. The molecule has 1 heterocycles. The van der Waals surface area contributed by atoms with E-state index in [2.05, 4.69) is 10.4 Å². The summed E-state index contributed by atoms with van der Waals surface area (Å²) in [7, 11) is 0. The van der Waals surface area contributed by atoms with Gasteiger partial charge >= 0.3 is 0 Å². The summed E-state index contributed by atoms with van der Waals surface area (Å²) >= 11 is 0. The Bertz CT molecular complexity index is 663. The number of nitrogens with zero attached hydrogens (tertiary/aromatic N) is 2. The smallest absolute Gasteiger partial charge is 0.276 e. The SMILES string of the molecule is CCn1nc(C)c(N)c1C(=O)Nc1ccc(F)c(C)c1. The molecule has 0 fully saturated rings. The summed E-state index contributed by atoms with van der Waals surface area (Å²) in [5.41, 5.74) is 8.18. The average molecular weight is 276 g/mol. The van der Waals surface area contributed by atoms with Crippen molar-refractivity contribution in [3.8, 4) is 0 Å². The number of carbonyl (C=O) groups excluding carboxylic acids is 1. The lowest BCUT2D eigenvalue weighted by Crippen LogP contribution is -2.19. The second-order valence-electron chi connectivity index (χ2n) is 4.58. The third-order valence-corrected chi connectivity index (χ3v) is 3.10. The van der Waals surface area contributed by atoms with Gasteiger partial charge in [-0.1, -0.05) is 0 Å². The molecule has 0 aliphatic rings. The second kappa shape index (κ2) is 5.32. The normalized spacial score (nSPS) is 10.6. The Balaban J connectivity index is 2.30. The van der Waals surface area contributed by atoms with E-state index in [9.17, 15) is 9.18 Å². The zero-order chi connectivity index (χ0) is 14.9. The predicted octanol–water partition coefficient (Wildman–Crippen LogP) is 2.49. The standard InChI is InChI=1S/C14H17FN4O/c1-4-19-13(12(16)9(3)18-19)14(20)17-10-5-6-11(15)8(2)7-10/h5-7H,4,16H2,1-3H3,(H,17,20). The number of nitrogens with two attached hydrogens (primary N) is 1. The maximum atomic E-state index is 13.2. The van der Waals surface area contributed by atoms with Crippen molar-refractivity contribution in [2.45, 2.75) is 27.3 Å². The van der Waals surface area contributed by atoms with Crippen molar-refractivity contribution in [1.82, 2.24) is 9.78 Å². The average Bonchev–Trinajstić information content (AvgIpc) is 2.69. The van der Waals surface area contributed by atoms with Crippen LogP contribution in [0, 0.1) is 19.7 Å². The van der Waals surface area contributed by atoms with E-state index in [1.165, 1.54) is 12.1 Å². The van der Waals surface area contributed by atoms with E-state index in [1.807, 2.05) is 6.92 Å². The van der Waals surface area contributed by atoms with Crippen LogP contribution in [0.15, 0.2) is 18.2 Å². The number of hydrogen-bond donors (Lipinski definition) is 2. The van der Waals surface area contributed by atoms with Gasteiger partial charge in [0.25, 0.3) is 5.91 Å². The minimum absolute atomic E-state index is 0.308. The second-order valence-corrected chi connectivity index (χ2v) is 4.58. The van der Waals surface area contributed by atoms with Gasteiger partial charge in [-0.15, -0.1) is 0 Å². The number of anilines is 2. The number of nitrogen functional groups attached to an aromatic ring is 1. The number of aryl methyl sites for hydroxylation is 3. The van der Waals surface area contributed by atoms with E-state index < -0.39 is 0 Å². The molecular weight excluding hydrogens is 259 g/mol. The van der Waals surface area contributed by atoms with E-state index in [1.54, 1.807) is 24.6 Å². The van der Waals surface area contributed by atoms with Crippen molar-refractivity contribution < 1.29 is 9.18 Å². The molecule has 3 N–H and O–H groups in total. The van der Waals surface area contributed by atoms with E-state index in [0.717, 1.165) is 0 Å². The lowest BCUT2D eigenvalue weighted by Gasteiger charge is -2.08. The lowest BCUT2D eigenvalue weighted by atomic mass is 10.2. The van der Waals surface area contributed by atoms with Gasteiger partial charge in [-0.2, -0.15) is 5.10 Å². The molecule has 0 saturated carbocycles. The molecule has 1 amide bonds. The number of hydrogen-bond acceptors (Lipinski definition) is 3. The number of carbonyl (C=O) groups is 1. The molecule has 0 unspecified atom stereocenters. The lowest BCUT2D eigenvalue weighted by molar-refractivity contribution is 0.101. The Morgan fingerprint density at radius 3 is 2.75 bits per heavy atom. The van der Waals surface area contributed by atoms with Crippen LogP contribution in [0.1, 0.15) is 28.7 Å². The van der Waals surface area contributed by atoms with Crippen molar-refractivity contribution in [2.75, 3.05) is 11.1 Å². The molecule has 0 bridgehead atoms. The monoisotopic (exact) mass is 276 g/mol. The van der Waals surface area contributed by atoms with Gasteiger partial charge in [0.2, 0.25) is 0 Å². The minimum Gasteiger partial charge on any atom is -0.395 e. The third kappa shape index (κ3) is 2.49. The van der Waals surface area contributed by atoms with Crippen molar-refractivity contribution in [2.24, 2.45) is 0 Å². The van der Waals surface area contributed by atoms with E-state index in [4.69, 9.17) is 5.73 Å². The van der Waals surface area contributed by atoms with Crippen molar-refractivity contribution in [3.63, 3.8) is 0 Å². The molecule has 0 atom stereocenters. The number of aromatic nitrogens is 2. The number of amides is 1. The molecule has 2 aromatic rings. The molecule has 0 radical (unpaired) electrons. The fourth-order valence-corrected chi connectivity index (χ4v) is 1.98. The Hall–Kier alpha value is -2.37. The first-order valence-corrected chi connectivity index (χ1v) is 6.34. The maximum Gasteiger partial charge on any atom is 0.276 e. The Morgan fingerprint density at radius 2 is 2.15 bits per heavy atom. The number of nitrogens with one attached hydrogen (secondary N) is 1. The van der Waals surface area contributed by atoms with Crippen LogP contribution in [0.4, 0.5) is 15.8 Å². The van der Waals surface area contributed by atoms with Gasteiger partial charge in [0, 0.05) is 12.2 Å². The van der Waals surface area contributed by atoms with Gasteiger partial charge in [-0.25, -0.2) is 4.39 Å². The fraction of sp³-hybridized carbons (Fsp3) is 0.286. The van der Waals surface area contributed by atoms with Gasteiger partial charge in [-0.05, 0) is 44.5 Å².